The van der Waals surface area contributed by atoms with Gasteiger partial charge in [-0.15, -0.1) is 0 Å². The van der Waals surface area contributed by atoms with Crippen LogP contribution in [0.15, 0.2) is 77.3 Å². The molecular formula is C28H31BrClN3O5S. The molecule has 0 fully saturated rings. The molecule has 208 valence electrons. The number of ether oxygens (including phenoxy) is 1. The maximum absolute atomic E-state index is 14.0. The van der Waals surface area contributed by atoms with E-state index < -0.39 is 28.5 Å². The molecule has 2 amide bonds. The van der Waals surface area contributed by atoms with Crippen molar-refractivity contribution in [3.63, 3.8) is 0 Å². The molecule has 1 atom stereocenters. The fourth-order valence-corrected chi connectivity index (χ4v) is 5.36. The molecule has 0 aromatic heterocycles. The van der Waals surface area contributed by atoms with Crippen LogP contribution in [0, 0.1) is 0 Å². The monoisotopic (exact) mass is 635 g/mol. The van der Waals surface area contributed by atoms with Gasteiger partial charge in [-0.25, -0.2) is 8.42 Å². The minimum Gasteiger partial charge on any atom is -0.495 e. The number of nitrogens with one attached hydrogen (secondary N) is 1. The molecule has 0 heterocycles. The highest BCUT2D eigenvalue weighted by molar-refractivity contribution is 9.10. The molecule has 0 aliphatic carbocycles. The van der Waals surface area contributed by atoms with E-state index in [4.69, 9.17) is 16.3 Å². The molecule has 0 radical (unpaired) electrons. The van der Waals surface area contributed by atoms with Gasteiger partial charge in [0.25, 0.3) is 0 Å². The first kappa shape index (κ1) is 30.5. The number of nitrogens with zero attached hydrogens (tertiary/aromatic N) is 2. The molecule has 0 saturated heterocycles. The molecule has 8 nitrogen and oxygen atoms in total. The second-order valence-electron chi connectivity index (χ2n) is 8.83. The summed E-state index contributed by atoms with van der Waals surface area (Å²) >= 11 is 9.59. The Morgan fingerprint density at radius 1 is 1.03 bits per heavy atom. The second-order valence-corrected chi connectivity index (χ2v) is 12.1. The minimum absolute atomic E-state index is 0.0883. The molecule has 3 aromatic carbocycles. The van der Waals surface area contributed by atoms with Gasteiger partial charge < -0.3 is 15.0 Å². The number of halogens is 2. The number of benzene rings is 3. The topological polar surface area (TPSA) is 96.0 Å². The molecule has 0 aliphatic rings. The molecule has 0 unspecified atom stereocenters. The zero-order chi connectivity index (χ0) is 28.6. The van der Waals surface area contributed by atoms with Crippen molar-refractivity contribution in [2.24, 2.45) is 0 Å². The number of likely N-dealkylation sites (N-methyl/N-ethyl adjacent to an activating group) is 1. The van der Waals surface area contributed by atoms with Crippen molar-refractivity contribution >= 4 is 55.1 Å². The lowest BCUT2D eigenvalue weighted by atomic mass is 10.0. The lowest BCUT2D eigenvalue weighted by Gasteiger charge is -2.33. The first-order valence-corrected chi connectivity index (χ1v) is 15.2. The predicted octanol–water partition coefficient (Wildman–Crippen LogP) is 4.65. The molecule has 11 heteroatoms. The Balaban J connectivity index is 2.07. The Morgan fingerprint density at radius 3 is 2.28 bits per heavy atom. The van der Waals surface area contributed by atoms with Gasteiger partial charge in [-0.05, 0) is 48.4 Å². The smallest absolute Gasteiger partial charge is 0.244 e. The maximum Gasteiger partial charge on any atom is 0.244 e. The number of rotatable bonds is 12. The van der Waals surface area contributed by atoms with Crippen molar-refractivity contribution in [1.82, 2.24) is 10.2 Å². The summed E-state index contributed by atoms with van der Waals surface area (Å²) in [4.78, 5) is 28.8. The summed E-state index contributed by atoms with van der Waals surface area (Å²) in [7, 11) is -2.55. The number of sulfonamides is 1. The summed E-state index contributed by atoms with van der Waals surface area (Å²) in [6.45, 7) is 1.70. The molecule has 0 bridgehead atoms. The van der Waals surface area contributed by atoms with Crippen molar-refractivity contribution in [2.45, 2.75) is 25.9 Å². The highest BCUT2D eigenvalue weighted by Crippen LogP contribution is 2.33. The quantitative estimate of drug-likeness (QED) is 0.312. The lowest BCUT2D eigenvalue weighted by Crippen LogP contribution is -2.53. The normalized spacial score (nSPS) is 11.9. The highest BCUT2D eigenvalue weighted by Gasteiger charge is 2.33. The van der Waals surface area contributed by atoms with Crippen molar-refractivity contribution < 1.29 is 22.7 Å². The van der Waals surface area contributed by atoms with E-state index in [1.807, 2.05) is 54.6 Å². The van der Waals surface area contributed by atoms with Crippen molar-refractivity contribution in [2.75, 3.05) is 30.8 Å². The zero-order valence-electron chi connectivity index (χ0n) is 21.9. The van der Waals surface area contributed by atoms with E-state index in [1.54, 1.807) is 13.0 Å². The fourth-order valence-electron chi connectivity index (χ4n) is 4.09. The van der Waals surface area contributed by atoms with Crippen LogP contribution in [0.5, 0.6) is 5.75 Å². The number of hydrogen-bond donors (Lipinski definition) is 1. The number of hydrogen-bond acceptors (Lipinski definition) is 5. The van der Waals surface area contributed by atoms with Crippen LogP contribution < -0.4 is 14.4 Å². The highest BCUT2D eigenvalue weighted by atomic mass is 79.9. The van der Waals surface area contributed by atoms with Crippen LogP contribution in [0.25, 0.3) is 0 Å². The maximum atomic E-state index is 14.0. The third kappa shape index (κ3) is 8.45. The Hall–Kier alpha value is -3.08. The van der Waals surface area contributed by atoms with E-state index in [2.05, 4.69) is 21.2 Å². The zero-order valence-corrected chi connectivity index (χ0v) is 25.1. The molecule has 0 saturated carbocycles. The Kier molecular flexibility index (Phi) is 10.8. The lowest BCUT2D eigenvalue weighted by molar-refractivity contribution is -0.140. The Bertz CT molecular complexity index is 1390. The largest absolute Gasteiger partial charge is 0.495 e. The van der Waals surface area contributed by atoms with Crippen LogP contribution in [0.4, 0.5) is 5.69 Å². The van der Waals surface area contributed by atoms with Gasteiger partial charge in [-0.1, -0.05) is 70.0 Å². The third-order valence-corrected chi connectivity index (χ3v) is 7.87. The van der Waals surface area contributed by atoms with Gasteiger partial charge in [0.1, 0.15) is 18.3 Å². The van der Waals surface area contributed by atoms with Gasteiger partial charge in [-0.3, -0.25) is 13.9 Å². The standard InChI is InChI=1S/C28H31BrClN3O5S/c1-4-31-28(35)25(16-20-8-6-5-7-9-20)32(18-21-10-12-22(29)13-11-21)27(34)19-33(39(3,36)37)24-17-23(30)14-15-26(24)38-2/h5-15,17,25H,4,16,18-19H2,1-3H3,(H,31,35)/t25-/m1/s1. The SMILES string of the molecule is CCNC(=O)[C@@H](Cc1ccccc1)N(Cc1ccc(Br)cc1)C(=O)CN(c1cc(Cl)ccc1OC)S(C)(=O)=O. The van der Waals surface area contributed by atoms with Crippen LogP contribution in [0.2, 0.25) is 5.02 Å². The summed E-state index contributed by atoms with van der Waals surface area (Å²) in [5, 5.41) is 3.11. The van der Waals surface area contributed by atoms with Crippen molar-refractivity contribution in [1.29, 1.82) is 0 Å². The second kappa shape index (κ2) is 13.8. The number of carbonyl (C=O) groups is 2. The number of anilines is 1. The third-order valence-electron chi connectivity index (χ3n) is 5.98. The van der Waals surface area contributed by atoms with Crippen molar-refractivity contribution in [3.8, 4) is 5.75 Å². The van der Waals surface area contributed by atoms with E-state index in [1.165, 1.54) is 24.1 Å². The van der Waals surface area contributed by atoms with Crippen LogP contribution >= 0.6 is 27.5 Å². The first-order chi connectivity index (χ1) is 18.5. The number of methoxy groups -OCH3 is 1. The van der Waals surface area contributed by atoms with E-state index in [9.17, 15) is 18.0 Å². The van der Waals surface area contributed by atoms with Gasteiger partial charge >= 0.3 is 0 Å². The molecular weight excluding hydrogens is 606 g/mol. The summed E-state index contributed by atoms with van der Waals surface area (Å²) in [6.07, 6.45) is 1.25. The Labute approximate surface area is 243 Å². The summed E-state index contributed by atoms with van der Waals surface area (Å²) in [5.41, 5.74) is 1.76. The van der Waals surface area contributed by atoms with Gasteiger partial charge in [0.15, 0.2) is 0 Å². The number of carbonyl (C=O) groups excluding carboxylic acids is 2. The summed E-state index contributed by atoms with van der Waals surface area (Å²) in [6, 6.07) is 20.4. The van der Waals surface area contributed by atoms with Crippen LogP contribution in [-0.4, -0.2) is 57.6 Å². The summed E-state index contributed by atoms with van der Waals surface area (Å²) in [5.74, 6) is -0.655. The van der Waals surface area contributed by atoms with E-state index in [0.717, 1.165) is 26.2 Å². The average Bonchev–Trinajstić information content (AvgIpc) is 2.90. The van der Waals surface area contributed by atoms with Crippen molar-refractivity contribution in [3.05, 3.63) is 93.4 Å². The van der Waals surface area contributed by atoms with Crippen LogP contribution in [0.3, 0.4) is 0 Å². The summed E-state index contributed by atoms with van der Waals surface area (Å²) < 4.78 is 33.0. The molecule has 39 heavy (non-hydrogen) atoms. The molecule has 0 spiro atoms. The van der Waals surface area contributed by atoms with E-state index in [0.29, 0.717) is 6.54 Å². The minimum atomic E-state index is -3.95. The number of amides is 2. The van der Waals surface area contributed by atoms with E-state index >= 15 is 0 Å². The van der Waals surface area contributed by atoms with Gasteiger partial charge in [0.2, 0.25) is 21.8 Å². The fraction of sp³-hybridized carbons (Fsp3) is 0.286. The van der Waals surface area contributed by atoms with Gasteiger partial charge in [-0.2, -0.15) is 0 Å². The van der Waals surface area contributed by atoms with Crippen LogP contribution in [0.1, 0.15) is 18.1 Å². The predicted molar refractivity (Wildman–Crippen MR) is 158 cm³/mol. The molecule has 1 N–H and O–H groups in total. The average molecular weight is 637 g/mol. The molecule has 0 aliphatic heterocycles. The van der Waals surface area contributed by atoms with E-state index in [-0.39, 0.29) is 35.3 Å². The molecule has 3 aromatic rings. The first-order valence-electron chi connectivity index (χ1n) is 12.2. The Morgan fingerprint density at radius 2 is 1.69 bits per heavy atom. The van der Waals surface area contributed by atoms with Gasteiger partial charge in [0, 0.05) is 29.0 Å². The molecule has 3 rings (SSSR count). The van der Waals surface area contributed by atoms with Gasteiger partial charge in [0.05, 0.1) is 19.1 Å². The van der Waals surface area contributed by atoms with Crippen LogP contribution in [-0.2, 0) is 32.6 Å².